The van der Waals surface area contributed by atoms with Crippen molar-refractivity contribution >= 4 is 27.5 Å². The minimum absolute atomic E-state index is 0.0325. The number of aryl methyl sites for hydroxylation is 1. The molecule has 26 heavy (non-hydrogen) atoms. The molecule has 1 saturated heterocycles. The molecule has 7 nitrogen and oxygen atoms in total. The van der Waals surface area contributed by atoms with Gasteiger partial charge in [0.25, 0.3) is 11.5 Å². The van der Waals surface area contributed by atoms with Gasteiger partial charge in [-0.1, -0.05) is 12.1 Å². The largest absolute Gasteiger partial charge is 0.493 e. The zero-order valence-electron chi connectivity index (χ0n) is 14.8. The molecular weight excluding hydrogens is 400 g/mol. The van der Waals surface area contributed by atoms with Gasteiger partial charge in [-0.2, -0.15) is 5.10 Å². The Bertz CT molecular complexity index is 860. The summed E-state index contributed by atoms with van der Waals surface area (Å²) in [6.45, 7) is 4.83. The number of ether oxygens (including phenoxy) is 1. The number of para-hydroxylation sites is 1. The van der Waals surface area contributed by atoms with E-state index in [1.807, 2.05) is 30.0 Å². The minimum Gasteiger partial charge on any atom is -0.493 e. The van der Waals surface area contributed by atoms with Gasteiger partial charge in [0.15, 0.2) is 0 Å². The number of carbonyl (C=O) groups excluding carboxylic acids is 1. The van der Waals surface area contributed by atoms with Crippen LogP contribution in [0.3, 0.4) is 0 Å². The van der Waals surface area contributed by atoms with Crippen molar-refractivity contribution in [1.29, 1.82) is 0 Å². The van der Waals surface area contributed by atoms with Gasteiger partial charge >= 0.3 is 0 Å². The lowest BCUT2D eigenvalue weighted by atomic mass is 10.1. The Kier molecular flexibility index (Phi) is 5.61. The van der Waals surface area contributed by atoms with E-state index in [0.29, 0.717) is 48.6 Å². The SMILES string of the molecule is CCOc1ccccc1C(=O)N1CCN(c2cnn(C)c(=O)c2Br)CC1. The fraction of sp³-hybridized carbons (Fsp3) is 0.389. The highest BCUT2D eigenvalue weighted by molar-refractivity contribution is 9.10. The van der Waals surface area contributed by atoms with Gasteiger partial charge in [-0.05, 0) is 35.0 Å². The molecule has 0 spiro atoms. The van der Waals surface area contributed by atoms with Gasteiger partial charge < -0.3 is 14.5 Å². The number of anilines is 1. The lowest BCUT2D eigenvalue weighted by Crippen LogP contribution is -2.49. The van der Waals surface area contributed by atoms with Crippen LogP contribution in [0.2, 0.25) is 0 Å². The van der Waals surface area contributed by atoms with Gasteiger partial charge in [-0.25, -0.2) is 4.68 Å². The van der Waals surface area contributed by atoms with Crippen molar-refractivity contribution in [3.05, 3.63) is 50.9 Å². The van der Waals surface area contributed by atoms with Gasteiger partial charge in [-0.3, -0.25) is 9.59 Å². The second-order valence-corrected chi connectivity index (χ2v) is 6.77. The zero-order chi connectivity index (χ0) is 18.7. The van der Waals surface area contributed by atoms with Crippen molar-refractivity contribution in [3.63, 3.8) is 0 Å². The van der Waals surface area contributed by atoms with Gasteiger partial charge in [0.1, 0.15) is 10.2 Å². The number of rotatable bonds is 4. The van der Waals surface area contributed by atoms with Crippen LogP contribution in [0.5, 0.6) is 5.75 Å². The predicted octanol–water partition coefficient (Wildman–Crippen LogP) is 1.90. The third-order valence-electron chi connectivity index (χ3n) is 4.38. The van der Waals surface area contributed by atoms with Crippen LogP contribution in [0, 0.1) is 0 Å². The van der Waals surface area contributed by atoms with Crippen LogP contribution in [0.4, 0.5) is 5.69 Å². The van der Waals surface area contributed by atoms with E-state index in [0.717, 1.165) is 5.69 Å². The first-order chi connectivity index (χ1) is 12.5. The summed E-state index contributed by atoms with van der Waals surface area (Å²) in [6.07, 6.45) is 1.67. The molecule has 138 valence electrons. The molecule has 0 atom stereocenters. The van der Waals surface area contributed by atoms with E-state index < -0.39 is 0 Å². The van der Waals surface area contributed by atoms with Crippen molar-refractivity contribution in [1.82, 2.24) is 14.7 Å². The number of piperazine rings is 1. The predicted molar refractivity (Wildman–Crippen MR) is 103 cm³/mol. The van der Waals surface area contributed by atoms with E-state index in [9.17, 15) is 9.59 Å². The van der Waals surface area contributed by atoms with Crippen molar-refractivity contribution in [3.8, 4) is 5.75 Å². The second-order valence-electron chi connectivity index (χ2n) is 5.98. The van der Waals surface area contributed by atoms with E-state index in [2.05, 4.69) is 25.9 Å². The minimum atomic E-state index is -0.174. The van der Waals surface area contributed by atoms with Gasteiger partial charge in [0.2, 0.25) is 0 Å². The Morgan fingerprint density at radius 1 is 1.23 bits per heavy atom. The quantitative estimate of drug-likeness (QED) is 0.755. The molecule has 0 radical (unpaired) electrons. The normalized spacial score (nSPS) is 14.4. The summed E-state index contributed by atoms with van der Waals surface area (Å²) in [7, 11) is 1.61. The molecule has 2 heterocycles. The maximum atomic E-state index is 12.9. The molecule has 1 aromatic carbocycles. The summed E-state index contributed by atoms with van der Waals surface area (Å²) in [5.74, 6) is 0.579. The molecule has 1 fully saturated rings. The number of amides is 1. The smallest absolute Gasteiger partial charge is 0.282 e. The number of carbonyl (C=O) groups is 1. The highest BCUT2D eigenvalue weighted by Crippen LogP contribution is 2.24. The van der Waals surface area contributed by atoms with Crippen molar-refractivity contribution in [2.24, 2.45) is 7.05 Å². The average molecular weight is 421 g/mol. The summed E-state index contributed by atoms with van der Waals surface area (Å²) in [5, 5.41) is 4.08. The number of hydrogen-bond acceptors (Lipinski definition) is 5. The number of aromatic nitrogens is 2. The molecule has 1 aromatic heterocycles. The average Bonchev–Trinajstić information content (AvgIpc) is 2.67. The summed E-state index contributed by atoms with van der Waals surface area (Å²) < 4.78 is 7.36. The topological polar surface area (TPSA) is 67.7 Å². The summed E-state index contributed by atoms with van der Waals surface area (Å²) in [4.78, 5) is 28.8. The first kappa shape index (κ1) is 18.4. The van der Waals surface area contributed by atoms with E-state index >= 15 is 0 Å². The Balaban J connectivity index is 1.72. The molecule has 1 aliphatic heterocycles. The summed E-state index contributed by atoms with van der Waals surface area (Å²) in [6, 6.07) is 7.31. The third kappa shape index (κ3) is 3.60. The molecule has 3 rings (SSSR count). The number of nitrogens with zero attached hydrogens (tertiary/aromatic N) is 4. The fourth-order valence-electron chi connectivity index (χ4n) is 2.97. The van der Waals surface area contributed by atoms with E-state index in [1.165, 1.54) is 4.68 Å². The molecule has 2 aromatic rings. The van der Waals surface area contributed by atoms with Crippen LogP contribution in [0.15, 0.2) is 39.7 Å². The molecule has 0 unspecified atom stereocenters. The molecule has 1 amide bonds. The van der Waals surface area contributed by atoms with Crippen LogP contribution >= 0.6 is 15.9 Å². The highest BCUT2D eigenvalue weighted by Gasteiger charge is 2.25. The number of hydrogen-bond donors (Lipinski definition) is 0. The first-order valence-corrected chi connectivity index (χ1v) is 9.30. The van der Waals surface area contributed by atoms with Gasteiger partial charge in [0, 0.05) is 33.2 Å². The lowest BCUT2D eigenvalue weighted by molar-refractivity contribution is 0.0742. The van der Waals surface area contributed by atoms with Crippen LogP contribution in [-0.4, -0.2) is 53.4 Å². The molecular formula is C18H21BrN4O3. The zero-order valence-corrected chi connectivity index (χ0v) is 16.4. The van der Waals surface area contributed by atoms with Crippen LogP contribution in [0.25, 0.3) is 0 Å². The fourth-order valence-corrected chi connectivity index (χ4v) is 3.58. The molecule has 0 aliphatic carbocycles. The maximum Gasteiger partial charge on any atom is 0.282 e. The maximum absolute atomic E-state index is 12.9. The van der Waals surface area contributed by atoms with E-state index in [-0.39, 0.29) is 11.5 Å². The van der Waals surface area contributed by atoms with Gasteiger partial charge in [-0.15, -0.1) is 0 Å². The number of benzene rings is 1. The summed E-state index contributed by atoms with van der Waals surface area (Å²) in [5.41, 5.74) is 1.17. The van der Waals surface area contributed by atoms with E-state index in [1.54, 1.807) is 19.3 Å². The van der Waals surface area contributed by atoms with Crippen LogP contribution in [0.1, 0.15) is 17.3 Å². The first-order valence-electron chi connectivity index (χ1n) is 8.50. The highest BCUT2D eigenvalue weighted by atomic mass is 79.9. The molecule has 0 N–H and O–H groups in total. The Hall–Kier alpha value is -2.35. The Morgan fingerprint density at radius 3 is 2.62 bits per heavy atom. The summed E-state index contributed by atoms with van der Waals surface area (Å²) >= 11 is 3.36. The van der Waals surface area contributed by atoms with Crippen LogP contribution < -0.4 is 15.2 Å². The van der Waals surface area contributed by atoms with Crippen molar-refractivity contribution in [2.45, 2.75) is 6.92 Å². The Morgan fingerprint density at radius 2 is 1.92 bits per heavy atom. The van der Waals surface area contributed by atoms with E-state index in [4.69, 9.17) is 4.74 Å². The van der Waals surface area contributed by atoms with Crippen molar-refractivity contribution < 1.29 is 9.53 Å². The lowest BCUT2D eigenvalue weighted by Gasteiger charge is -2.36. The molecule has 0 saturated carbocycles. The number of halogens is 1. The van der Waals surface area contributed by atoms with Gasteiger partial charge in [0.05, 0.1) is 24.1 Å². The Labute approximate surface area is 160 Å². The molecule has 8 heteroatoms. The third-order valence-corrected chi connectivity index (χ3v) is 5.13. The monoisotopic (exact) mass is 420 g/mol. The molecule has 1 aliphatic rings. The van der Waals surface area contributed by atoms with Crippen molar-refractivity contribution in [2.75, 3.05) is 37.7 Å². The standard InChI is InChI=1S/C18H21BrN4O3/c1-3-26-15-7-5-4-6-13(15)17(24)23-10-8-22(9-11-23)14-12-20-21(2)18(25)16(14)19/h4-7,12H,3,8-11H2,1-2H3. The second kappa shape index (κ2) is 7.90. The van der Waals surface area contributed by atoms with Crippen LogP contribution in [-0.2, 0) is 7.05 Å². The molecule has 0 bridgehead atoms.